The monoisotopic (exact) mass is 367 g/mol. The average Bonchev–Trinajstić information content (AvgIpc) is 2.86. The number of anilines is 1. The Kier molecular flexibility index (Phi) is 5.28. The Balaban J connectivity index is 2.34. The zero-order valence-corrected chi connectivity index (χ0v) is 14.1. The minimum Gasteiger partial charge on any atom is -0.462 e. The second kappa shape index (κ2) is 6.98. The Morgan fingerprint density at radius 2 is 2.29 bits per heavy atom. The number of ether oxygens (including phenoxy) is 1. The van der Waals surface area contributed by atoms with Crippen molar-refractivity contribution in [2.24, 2.45) is 0 Å². The maximum absolute atomic E-state index is 12.0. The Morgan fingerprint density at radius 3 is 2.90 bits per heavy atom. The zero-order chi connectivity index (χ0) is 15.4. The Labute approximate surface area is 135 Å². The fraction of sp³-hybridized carbons (Fsp3) is 0.267. The van der Waals surface area contributed by atoms with Crippen LogP contribution < -0.4 is 5.32 Å². The van der Waals surface area contributed by atoms with Crippen LogP contribution >= 0.6 is 27.7 Å². The summed E-state index contributed by atoms with van der Waals surface area (Å²) in [6, 6.07) is 5.79. The van der Waals surface area contributed by atoms with Gasteiger partial charge in [-0.25, -0.2) is 9.59 Å². The second-order valence-corrected chi connectivity index (χ2v) is 6.22. The molecule has 1 aromatic carbocycles. The molecule has 0 aromatic heterocycles. The number of carbonyl (C=O) groups excluding carboxylic acids is 2. The highest BCUT2D eigenvalue weighted by atomic mass is 79.9. The van der Waals surface area contributed by atoms with E-state index in [9.17, 15) is 9.59 Å². The Hall–Kier alpha value is -1.49. The largest absolute Gasteiger partial charge is 0.462 e. The summed E-state index contributed by atoms with van der Waals surface area (Å²) in [7, 11) is 0. The number of carbonyl (C=O) groups is 1. The maximum atomic E-state index is 12.0. The summed E-state index contributed by atoms with van der Waals surface area (Å²) in [6.07, 6.45) is 0. The zero-order valence-electron chi connectivity index (χ0n) is 11.7. The highest BCUT2D eigenvalue weighted by Crippen LogP contribution is 2.36. The average molecular weight is 368 g/mol. The molecule has 1 N–H and O–H groups in total. The lowest BCUT2D eigenvalue weighted by Crippen LogP contribution is -2.12. The highest BCUT2D eigenvalue weighted by Gasteiger charge is 2.28. The first kappa shape index (κ1) is 15.9. The van der Waals surface area contributed by atoms with E-state index in [1.54, 1.807) is 6.92 Å². The molecule has 0 saturated carbocycles. The van der Waals surface area contributed by atoms with Crippen LogP contribution in [0.15, 0.2) is 38.8 Å². The number of thioether (sulfide) groups is 1. The van der Waals surface area contributed by atoms with Crippen LogP contribution in [0.25, 0.3) is 0 Å². The van der Waals surface area contributed by atoms with Gasteiger partial charge < -0.3 is 10.1 Å². The van der Waals surface area contributed by atoms with Crippen molar-refractivity contribution in [3.05, 3.63) is 44.4 Å². The molecular weight excluding hydrogens is 354 g/mol. The summed E-state index contributed by atoms with van der Waals surface area (Å²) in [6.45, 7) is 3.98. The van der Waals surface area contributed by atoms with Crippen LogP contribution in [0.1, 0.15) is 12.5 Å². The summed E-state index contributed by atoms with van der Waals surface area (Å²) in [5.74, 6) is 1.77. The van der Waals surface area contributed by atoms with Crippen LogP contribution in [-0.2, 0) is 14.3 Å². The summed E-state index contributed by atoms with van der Waals surface area (Å²) < 4.78 is 6.03. The van der Waals surface area contributed by atoms with Gasteiger partial charge >= 0.3 is 5.97 Å². The fourth-order valence-electron chi connectivity index (χ4n) is 1.88. The fourth-order valence-corrected chi connectivity index (χ4v) is 3.16. The molecule has 0 atom stereocenters. The van der Waals surface area contributed by atoms with Crippen LogP contribution in [0, 0.1) is 6.92 Å². The van der Waals surface area contributed by atoms with Crippen LogP contribution in [0.4, 0.5) is 5.69 Å². The van der Waals surface area contributed by atoms with Gasteiger partial charge in [-0.1, -0.05) is 15.9 Å². The van der Waals surface area contributed by atoms with Crippen LogP contribution in [0.3, 0.4) is 0 Å². The van der Waals surface area contributed by atoms with Crippen molar-refractivity contribution < 1.29 is 14.3 Å². The molecular formula is C15H14BrNO3S. The number of hydrogen-bond acceptors (Lipinski definition) is 5. The number of rotatable bonds is 4. The second-order valence-electron chi connectivity index (χ2n) is 4.38. The molecule has 6 heteroatoms. The molecule has 2 rings (SSSR count). The molecule has 4 nitrogen and oxygen atoms in total. The first-order chi connectivity index (χ1) is 10.1. The van der Waals surface area contributed by atoms with Gasteiger partial charge in [-0.05, 0) is 37.6 Å². The van der Waals surface area contributed by atoms with Crippen LogP contribution in [0.5, 0.6) is 0 Å². The molecule has 0 saturated heterocycles. The van der Waals surface area contributed by atoms with Crippen LogP contribution in [-0.4, -0.2) is 24.3 Å². The molecule has 0 bridgehead atoms. The number of nitrogens with one attached hydrogen (secondary N) is 1. The SMILES string of the molecule is CCOC(=O)C1=C(Nc2ccc(Br)c(C)c2)SCC1=C=O. The summed E-state index contributed by atoms with van der Waals surface area (Å²) in [4.78, 5) is 23.0. The van der Waals surface area contributed by atoms with Crippen molar-refractivity contribution in [2.45, 2.75) is 13.8 Å². The van der Waals surface area contributed by atoms with Gasteiger partial charge in [0, 0.05) is 15.9 Å². The molecule has 1 aliphatic heterocycles. The molecule has 0 aliphatic carbocycles. The summed E-state index contributed by atoms with van der Waals surface area (Å²) in [5, 5.41) is 3.82. The van der Waals surface area contributed by atoms with E-state index < -0.39 is 5.97 Å². The third kappa shape index (κ3) is 3.59. The molecule has 0 fully saturated rings. The van der Waals surface area contributed by atoms with Gasteiger partial charge in [-0.3, -0.25) is 0 Å². The number of halogens is 1. The number of benzene rings is 1. The smallest absolute Gasteiger partial charge is 0.341 e. The van der Waals surface area contributed by atoms with E-state index >= 15 is 0 Å². The van der Waals surface area contributed by atoms with Crippen molar-refractivity contribution in [3.8, 4) is 0 Å². The predicted molar refractivity (Wildman–Crippen MR) is 87.8 cm³/mol. The van der Waals surface area contributed by atoms with E-state index in [-0.39, 0.29) is 12.2 Å². The molecule has 21 heavy (non-hydrogen) atoms. The highest BCUT2D eigenvalue weighted by molar-refractivity contribution is 9.10. The maximum Gasteiger partial charge on any atom is 0.341 e. The first-order valence-corrected chi connectivity index (χ1v) is 8.16. The van der Waals surface area contributed by atoms with Gasteiger partial charge in [0.1, 0.15) is 11.5 Å². The molecule has 0 unspecified atom stereocenters. The van der Waals surface area contributed by atoms with E-state index in [1.807, 2.05) is 31.1 Å². The topological polar surface area (TPSA) is 55.4 Å². The van der Waals surface area contributed by atoms with Crippen molar-refractivity contribution in [2.75, 3.05) is 17.7 Å². The van der Waals surface area contributed by atoms with E-state index in [4.69, 9.17) is 4.74 Å². The Bertz CT molecular complexity index is 663. The normalized spacial score (nSPS) is 14.1. The van der Waals surface area contributed by atoms with Gasteiger partial charge in [-0.2, -0.15) is 0 Å². The number of aryl methyl sites for hydroxylation is 1. The lowest BCUT2D eigenvalue weighted by molar-refractivity contribution is -0.138. The van der Waals surface area contributed by atoms with Crippen molar-refractivity contribution in [3.63, 3.8) is 0 Å². The molecule has 1 heterocycles. The quantitative estimate of drug-likeness (QED) is 0.652. The van der Waals surface area contributed by atoms with Crippen molar-refractivity contribution in [1.29, 1.82) is 0 Å². The standard InChI is InChI=1S/C15H14BrNO3S/c1-3-20-15(19)13-10(7-18)8-21-14(13)17-11-4-5-12(16)9(2)6-11/h4-6,17H,3,8H2,1-2H3. The summed E-state index contributed by atoms with van der Waals surface area (Å²) in [5.41, 5.74) is 2.56. The van der Waals surface area contributed by atoms with Gasteiger partial charge in [-0.15, -0.1) is 11.8 Å². The molecule has 110 valence electrons. The van der Waals surface area contributed by atoms with Crippen molar-refractivity contribution in [1.82, 2.24) is 0 Å². The van der Waals surface area contributed by atoms with Gasteiger partial charge in [0.25, 0.3) is 0 Å². The predicted octanol–water partition coefficient (Wildman–Crippen LogP) is 3.45. The van der Waals surface area contributed by atoms with E-state index in [1.165, 1.54) is 11.8 Å². The molecule has 0 spiro atoms. The van der Waals surface area contributed by atoms with Crippen molar-refractivity contribution >= 4 is 45.3 Å². The van der Waals surface area contributed by atoms with Gasteiger partial charge in [0.05, 0.1) is 17.2 Å². The first-order valence-electron chi connectivity index (χ1n) is 6.38. The number of esters is 1. The van der Waals surface area contributed by atoms with Crippen LogP contribution in [0.2, 0.25) is 0 Å². The summed E-state index contributed by atoms with van der Waals surface area (Å²) >= 11 is 4.84. The van der Waals surface area contributed by atoms with E-state index in [0.717, 1.165) is 15.7 Å². The Morgan fingerprint density at radius 1 is 1.52 bits per heavy atom. The third-order valence-corrected chi connectivity index (χ3v) is 4.83. The van der Waals surface area contributed by atoms with E-state index in [0.29, 0.717) is 16.4 Å². The van der Waals surface area contributed by atoms with E-state index in [2.05, 4.69) is 21.2 Å². The lowest BCUT2D eigenvalue weighted by atomic mass is 10.1. The third-order valence-electron chi connectivity index (χ3n) is 2.91. The molecule has 1 aromatic rings. The molecule has 1 aliphatic rings. The minimum absolute atomic E-state index is 0.268. The molecule has 0 radical (unpaired) electrons. The van der Waals surface area contributed by atoms with Gasteiger partial charge in [0.2, 0.25) is 0 Å². The minimum atomic E-state index is -0.489. The lowest BCUT2D eigenvalue weighted by Gasteiger charge is -2.10. The number of hydrogen-bond donors (Lipinski definition) is 1. The molecule has 0 amide bonds. The van der Waals surface area contributed by atoms with Gasteiger partial charge in [0.15, 0.2) is 0 Å².